The Kier molecular flexibility index (Phi) is 4.70. The zero-order valence-electron chi connectivity index (χ0n) is 11.5. The quantitative estimate of drug-likeness (QED) is 0.513. The highest BCUT2D eigenvalue weighted by molar-refractivity contribution is 6.35. The Morgan fingerprint density at radius 3 is 2.71 bits per heavy atom. The summed E-state index contributed by atoms with van der Waals surface area (Å²) in [5.74, 6) is -2.14. The molecule has 3 amide bonds. The van der Waals surface area contributed by atoms with Crippen LogP contribution >= 0.6 is 0 Å². The van der Waals surface area contributed by atoms with Crippen molar-refractivity contribution in [3.05, 3.63) is 23.9 Å². The van der Waals surface area contributed by atoms with E-state index in [9.17, 15) is 14.4 Å². The van der Waals surface area contributed by atoms with Gasteiger partial charge in [0.05, 0.1) is 6.61 Å². The van der Waals surface area contributed by atoms with Gasteiger partial charge in [-0.05, 0) is 31.9 Å². The third-order valence-corrected chi connectivity index (χ3v) is 2.71. The van der Waals surface area contributed by atoms with Gasteiger partial charge in [-0.3, -0.25) is 25.2 Å². The van der Waals surface area contributed by atoms with Crippen molar-refractivity contribution < 1.29 is 19.1 Å². The normalized spacial score (nSPS) is 13.2. The molecular weight excluding hydrogens is 276 g/mol. The molecule has 8 nitrogen and oxygen atoms in total. The molecule has 1 aliphatic rings. The second kappa shape index (κ2) is 6.69. The van der Waals surface area contributed by atoms with Crippen LogP contribution in [0, 0.1) is 0 Å². The van der Waals surface area contributed by atoms with E-state index >= 15 is 0 Å². The first-order valence-corrected chi connectivity index (χ1v) is 6.60. The molecule has 1 fully saturated rings. The second-order valence-electron chi connectivity index (χ2n) is 4.45. The van der Waals surface area contributed by atoms with E-state index < -0.39 is 17.7 Å². The molecule has 0 unspecified atom stereocenters. The van der Waals surface area contributed by atoms with Crippen molar-refractivity contribution in [1.82, 2.24) is 21.2 Å². The lowest BCUT2D eigenvalue weighted by molar-refractivity contribution is -0.139. The molecule has 0 atom stereocenters. The van der Waals surface area contributed by atoms with Crippen molar-refractivity contribution in [3.8, 4) is 5.88 Å². The molecule has 0 spiro atoms. The monoisotopic (exact) mass is 292 g/mol. The predicted octanol–water partition coefficient (Wildman–Crippen LogP) is -0.480. The fraction of sp³-hybridized carbons (Fsp3) is 0.385. The van der Waals surface area contributed by atoms with Crippen molar-refractivity contribution in [2.75, 3.05) is 6.61 Å². The Labute approximate surface area is 121 Å². The van der Waals surface area contributed by atoms with E-state index in [1.807, 2.05) is 5.43 Å². The van der Waals surface area contributed by atoms with Gasteiger partial charge < -0.3 is 10.1 Å². The lowest BCUT2D eigenvalue weighted by Crippen LogP contribution is -2.49. The van der Waals surface area contributed by atoms with Crippen LogP contribution in [0.3, 0.4) is 0 Å². The minimum Gasteiger partial charge on any atom is -0.477 e. The number of hydrazine groups is 1. The molecule has 0 bridgehead atoms. The number of amides is 3. The highest BCUT2D eigenvalue weighted by Crippen LogP contribution is 2.18. The van der Waals surface area contributed by atoms with Gasteiger partial charge >= 0.3 is 11.8 Å². The summed E-state index contributed by atoms with van der Waals surface area (Å²) in [6, 6.07) is 3.14. The van der Waals surface area contributed by atoms with Gasteiger partial charge in [0.25, 0.3) is 5.91 Å². The predicted molar refractivity (Wildman–Crippen MR) is 72.2 cm³/mol. The summed E-state index contributed by atoms with van der Waals surface area (Å²) in [7, 11) is 0. The molecular formula is C13H16N4O4. The minimum atomic E-state index is -0.919. The number of aromatic nitrogens is 1. The van der Waals surface area contributed by atoms with E-state index in [0.717, 1.165) is 12.8 Å². The van der Waals surface area contributed by atoms with Crippen LogP contribution in [-0.2, 0) is 9.59 Å². The molecule has 8 heteroatoms. The number of nitrogens with one attached hydrogen (secondary N) is 3. The summed E-state index contributed by atoms with van der Waals surface area (Å²) in [6.07, 6.45) is 3.24. The maximum absolute atomic E-state index is 11.9. The third-order valence-electron chi connectivity index (χ3n) is 2.71. The number of hydrogen-bond acceptors (Lipinski definition) is 5. The standard InChI is InChI=1S/C13H16N4O4/c1-2-21-13-9(4-3-7-14-13)10(18)16-17-12(20)11(19)15-8-5-6-8/h3-4,7-8H,2,5-6H2,1H3,(H,15,19)(H,16,18)(H,17,20). The molecule has 1 aliphatic carbocycles. The summed E-state index contributed by atoms with van der Waals surface area (Å²) in [5.41, 5.74) is 4.37. The number of pyridine rings is 1. The van der Waals surface area contributed by atoms with E-state index in [0.29, 0.717) is 6.61 Å². The van der Waals surface area contributed by atoms with Crippen LogP contribution in [0.5, 0.6) is 5.88 Å². The number of hydrogen-bond donors (Lipinski definition) is 3. The Bertz CT molecular complexity index is 557. The van der Waals surface area contributed by atoms with Gasteiger partial charge in [0.15, 0.2) is 0 Å². The highest BCUT2D eigenvalue weighted by atomic mass is 16.5. The zero-order chi connectivity index (χ0) is 15.2. The van der Waals surface area contributed by atoms with Crippen molar-refractivity contribution in [3.63, 3.8) is 0 Å². The van der Waals surface area contributed by atoms with Gasteiger partial charge in [-0.2, -0.15) is 0 Å². The average Bonchev–Trinajstić information content (AvgIpc) is 3.29. The number of nitrogens with zero attached hydrogens (tertiary/aromatic N) is 1. The lowest BCUT2D eigenvalue weighted by atomic mass is 10.2. The van der Waals surface area contributed by atoms with Gasteiger partial charge in [-0.15, -0.1) is 0 Å². The number of rotatable bonds is 4. The van der Waals surface area contributed by atoms with E-state index in [-0.39, 0.29) is 17.5 Å². The fourth-order valence-corrected chi connectivity index (χ4v) is 1.53. The van der Waals surface area contributed by atoms with Gasteiger partial charge in [-0.1, -0.05) is 0 Å². The Morgan fingerprint density at radius 2 is 2.05 bits per heavy atom. The summed E-state index contributed by atoms with van der Waals surface area (Å²) in [5, 5.41) is 2.51. The second-order valence-corrected chi connectivity index (χ2v) is 4.45. The van der Waals surface area contributed by atoms with E-state index in [4.69, 9.17) is 4.74 Å². The van der Waals surface area contributed by atoms with Crippen molar-refractivity contribution in [2.24, 2.45) is 0 Å². The Morgan fingerprint density at radius 1 is 1.29 bits per heavy atom. The number of carbonyl (C=O) groups is 3. The first-order chi connectivity index (χ1) is 10.1. The maximum atomic E-state index is 11.9. The summed E-state index contributed by atoms with van der Waals surface area (Å²) >= 11 is 0. The van der Waals surface area contributed by atoms with E-state index in [1.165, 1.54) is 12.3 Å². The van der Waals surface area contributed by atoms with E-state index in [1.54, 1.807) is 13.0 Å². The smallest absolute Gasteiger partial charge is 0.327 e. The van der Waals surface area contributed by atoms with E-state index in [2.05, 4.69) is 15.7 Å². The van der Waals surface area contributed by atoms with Gasteiger partial charge in [0.2, 0.25) is 5.88 Å². The number of ether oxygens (including phenoxy) is 1. The molecule has 0 aromatic carbocycles. The summed E-state index contributed by atoms with van der Waals surface area (Å²) in [4.78, 5) is 38.7. The summed E-state index contributed by atoms with van der Waals surface area (Å²) < 4.78 is 5.21. The molecule has 1 aromatic heterocycles. The van der Waals surface area contributed by atoms with Crippen molar-refractivity contribution >= 4 is 17.7 Å². The Hall–Kier alpha value is -2.64. The molecule has 0 radical (unpaired) electrons. The first-order valence-electron chi connectivity index (χ1n) is 6.60. The van der Waals surface area contributed by atoms with Gasteiger partial charge in [0, 0.05) is 12.2 Å². The zero-order valence-corrected chi connectivity index (χ0v) is 11.5. The Balaban J connectivity index is 1.89. The lowest BCUT2D eigenvalue weighted by Gasteiger charge is -2.10. The number of carbonyl (C=O) groups excluding carboxylic acids is 3. The first kappa shape index (κ1) is 14.8. The van der Waals surface area contributed by atoms with Crippen molar-refractivity contribution in [2.45, 2.75) is 25.8 Å². The van der Waals surface area contributed by atoms with Gasteiger partial charge in [-0.25, -0.2) is 4.98 Å². The maximum Gasteiger partial charge on any atom is 0.327 e. The van der Waals surface area contributed by atoms with Crippen LogP contribution in [-0.4, -0.2) is 35.4 Å². The van der Waals surface area contributed by atoms with Crippen LogP contribution in [0.15, 0.2) is 18.3 Å². The van der Waals surface area contributed by atoms with Crippen LogP contribution in [0.25, 0.3) is 0 Å². The third kappa shape index (κ3) is 4.16. The molecule has 1 aromatic rings. The molecule has 21 heavy (non-hydrogen) atoms. The molecule has 1 saturated carbocycles. The largest absolute Gasteiger partial charge is 0.477 e. The molecule has 1 heterocycles. The SMILES string of the molecule is CCOc1ncccc1C(=O)NNC(=O)C(=O)NC1CC1. The molecule has 112 valence electrons. The van der Waals surface area contributed by atoms with Crippen molar-refractivity contribution in [1.29, 1.82) is 0 Å². The molecule has 0 aliphatic heterocycles. The van der Waals surface area contributed by atoms with Crippen LogP contribution in [0.1, 0.15) is 30.1 Å². The molecule has 2 rings (SSSR count). The molecule has 3 N–H and O–H groups in total. The average molecular weight is 292 g/mol. The van der Waals surface area contributed by atoms with Crippen LogP contribution in [0.2, 0.25) is 0 Å². The fourth-order valence-electron chi connectivity index (χ4n) is 1.53. The van der Waals surface area contributed by atoms with Gasteiger partial charge in [0.1, 0.15) is 5.56 Å². The molecule has 0 saturated heterocycles. The highest BCUT2D eigenvalue weighted by Gasteiger charge is 2.26. The topological polar surface area (TPSA) is 109 Å². The summed E-state index contributed by atoms with van der Waals surface area (Å²) in [6.45, 7) is 2.12. The van der Waals surface area contributed by atoms with Crippen LogP contribution < -0.4 is 20.9 Å². The van der Waals surface area contributed by atoms with Crippen LogP contribution in [0.4, 0.5) is 0 Å². The minimum absolute atomic E-state index is 0.0711.